The number of benzene rings is 1. The summed E-state index contributed by atoms with van der Waals surface area (Å²) in [5.41, 5.74) is 4.84. The van der Waals surface area contributed by atoms with Crippen LogP contribution in [0.15, 0.2) is 29.6 Å². The molecule has 0 N–H and O–H groups in total. The van der Waals surface area contributed by atoms with Gasteiger partial charge < -0.3 is 4.74 Å². The molecular formula is C21H24N2O2S2. The van der Waals surface area contributed by atoms with E-state index in [1.54, 1.807) is 17.7 Å². The Bertz CT molecular complexity index is 1010. The van der Waals surface area contributed by atoms with Crippen LogP contribution >= 0.6 is 23.1 Å². The van der Waals surface area contributed by atoms with Crippen LogP contribution in [-0.4, -0.2) is 27.3 Å². The van der Waals surface area contributed by atoms with Gasteiger partial charge in [0.1, 0.15) is 20.9 Å². The highest BCUT2D eigenvalue weighted by molar-refractivity contribution is 8.01. The maximum atomic E-state index is 12.4. The lowest BCUT2D eigenvalue weighted by atomic mass is 9.99. The number of fused-ring (bicyclic) bond motifs is 1. The highest BCUT2D eigenvalue weighted by Gasteiger charge is 2.32. The second-order valence-corrected chi connectivity index (χ2v) is 9.84. The predicted molar refractivity (Wildman–Crippen MR) is 114 cm³/mol. The highest BCUT2D eigenvalue weighted by Crippen LogP contribution is 2.44. The maximum absolute atomic E-state index is 12.4. The van der Waals surface area contributed by atoms with Crippen molar-refractivity contribution < 1.29 is 9.53 Å². The number of hydrogen-bond acceptors (Lipinski definition) is 6. The summed E-state index contributed by atoms with van der Waals surface area (Å²) in [6.45, 7) is 12.3. The van der Waals surface area contributed by atoms with Crippen LogP contribution in [0, 0.1) is 20.8 Å². The van der Waals surface area contributed by atoms with Crippen molar-refractivity contribution in [2.45, 2.75) is 51.3 Å². The molecule has 4 nitrogen and oxygen atoms in total. The van der Waals surface area contributed by atoms with Crippen LogP contribution in [0.2, 0.25) is 0 Å². The third-order valence-corrected chi connectivity index (χ3v) is 6.74. The number of thioether (sulfide) groups is 1. The molecule has 0 spiro atoms. The van der Waals surface area contributed by atoms with E-state index in [9.17, 15) is 4.79 Å². The Hall–Kier alpha value is -1.92. The molecule has 0 aliphatic rings. The predicted octanol–water partition coefficient (Wildman–Crippen LogP) is 5.72. The zero-order valence-electron chi connectivity index (χ0n) is 16.5. The Kier molecular flexibility index (Phi) is 5.58. The van der Waals surface area contributed by atoms with Crippen molar-refractivity contribution in [2.24, 2.45) is 0 Å². The summed E-state index contributed by atoms with van der Waals surface area (Å²) in [7, 11) is 0. The van der Waals surface area contributed by atoms with Gasteiger partial charge in [-0.25, -0.2) is 9.97 Å². The first-order valence-electron chi connectivity index (χ1n) is 8.92. The van der Waals surface area contributed by atoms with Gasteiger partial charge in [0.2, 0.25) is 0 Å². The van der Waals surface area contributed by atoms with Crippen LogP contribution in [0.25, 0.3) is 21.3 Å². The summed E-state index contributed by atoms with van der Waals surface area (Å²) in [6.07, 6.45) is 1.58. The Morgan fingerprint density at radius 3 is 2.59 bits per heavy atom. The molecule has 1 aromatic carbocycles. The number of aromatic nitrogens is 2. The molecule has 0 saturated carbocycles. The van der Waals surface area contributed by atoms with Crippen molar-refractivity contribution in [1.29, 1.82) is 0 Å². The number of hydrogen-bond donors (Lipinski definition) is 0. The molecule has 3 rings (SSSR count). The standard InChI is InChI=1S/C21H24N2O2S2/c1-7-25-20(24)21(5,6)27-19-17-16(14(4)26-18(17)22-11-23-19)15-9-8-12(2)13(3)10-15/h8-11H,7H2,1-6H3. The molecule has 0 aliphatic carbocycles. The van der Waals surface area contributed by atoms with Crippen LogP contribution in [0.3, 0.4) is 0 Å². The largest absolute Gasteiger partial charge is 0.465 e. The molecule has 0 aliphatic heterocycles. The summed E-state index contributed by atoms with van der Waals surface area (Å²) in [4.78, 5) is 23.5. The number of aryl methyl sites for hydroxylation is 3. The van der Waals surface area contributed by atoms with Gasteiger partial charge in [-0.2, -0.15) is 0 Å². The minimum absolute atomic E-state index is 0.235. The first-order valence-corrected chi connectivity index (χ1v) is 10.6. The molecule has 27 heavy (non-hydrogen) atoms. The summed E-state index contributed by atoms with van der Waals surface area (Å²) < 4.78 is 4.51. The third-order valence-electron chi connectivity index (χ3n) is 4.54. The summed E-state index contributed by atoms with van der Waals surface area (Å²) in [5.74, 6) is -0.235. The average Bonchev–Trinajstić information content (AvgIpc) is 2.94. The van der Waals surface area contributed by atoms with E-state index in [-0.39, 0.29) is 5.97 Å². The van der Waals surface area contributed by atoms with E-state index in [4.69, 9.17) is 4.74 Å². The van der Waals surface area contributed by atoms with Crippen molar-refractivity contribution in [2.75, 3.05) is 6.61 Å². The molecule has 6 heteroatoms. The average molecular weight is 401 g/mol. The number of thiophene rings is 1. The Morgan fingerprint density at radius 1 is 1.19 bits per heavy atom. The maximum Gasteiger partial charge on any atom is 0.322 e. The van der Waals surface area contributed by atoms with Crippen molar-refractivity contribution >= 4 is 39.3 Å². The molecule has 0 atom stereocenters. The van der Waals surface area contributed by atoms with Gasteiger partial charge >= 0.3 is 5.97 Å². The lowest BCUT2D eigenvalue weighted by molar-refractivity contribution is -0.145. The molecule has 0 bridgehead atoms. The molecule has 0 amide bonds. The molecule has 2 heterocycles. The van der Waals surface area contributed by atoms with Gasteiger partial charge in [0.05, 0.1) is 12.0 Å². The number of carbonyl (C=O) groups is 1. The van der Waals surface area contributed by atoms with Crippen molar-refractivity contribution in [3.8, 4) is 11.1 Å². The van der Waals surface area contributed by atoms with Crippen LogP contribution < -0.4 is 0 Å². The summed E-state index contributed by atoms with van der Waals surface area (Å²) in [5, 5.41) is 1.83. The molecule has 2 aromatic heterocycles. The Labute approximate surface area is 168 Å². The third kappa shape index (κ3) is 3.87. The van der Waals surface area contributed by atoms with Gasteiger partial charge in [-0.3, -0.25) is 4.79 Å². The summed E-state index contributed by atoms with van der Waals surface area (Å²) in [6, 6.07) is 6.50. The van der Waals surface area contributed by atoms with E-state index in [2.05, 4.69) is 48.9 Å². The molecule has 0 radical (unpaired) electrons. The zero-order chi connectivity index (χ0) is 19.8. The number of ether oxygens (including phenoxy) is 1. The molecular weight excluding hydrogens is 376 g/mol. The molecule has 142 valence electrons. The Balaban J connectivity index is 2.15. The second-order valence-electron chi connectivity index (χ2n) is 7.02. The van der Waals surface area contributed by atoms with Gasteiger partial charge in [-0.05, 0) is 58.2 Å². The summed E-state index contributed by atoms with van der Waals surface area (Å²) >= 11 is 3.10. The lowest BCUT2D eigenvalue weighted by Crippen LogP contribution is -2.30. The lowest BCUT2D eigenvalue weighted by Gasteiger charge is -2.21. The minimum atomic E-state index is -0.729. The fourth-order valence-electron chi connectivity index (χ4n) is 2.93. The van der Waals surface area contributed by atoms with Gasteiger partial charge in [-0.1, -0.05) is 30.0 Å². The van der Waals surface area contributed by atoms with Crippen molar-refractivity contribution in [1.82, 2.24) is 9.97 Å². The monoisotopic (exact) mass is 400 g/mol. The van der Waals surface area contributed by atoms with E-state index in [0.717, 1.165) is 26.4 Å². The number of carbonyl (C=O) groups excluding carboxylic acids is 1. The molecule has 3 aromatic rings. The van der Waals surface area contributed by atoms with E-state index in [1.807, 2.05) is 20.8 Å². The zero-order valence-corrected chi connectivity index (χ0v) is 18.2. The SMILES string of the molecule is CCOC(=O)C(C)(C)Sc1ncnc2sc(C)c(-c3ccc(C)c(C)c3)c12. The van der Waals surface area contributed by atoms with Crippen LogP contribution in [0.5, 0.6) is 0 Å². The Morgan fingerprint density at radius 2 is 1.93 bits per heavy atom. The van der Waals surface area contributed by atoms with Gasteiger partial charge in [0, 0.05) is 10.4 Å². The topological polar surface area (TPSA) is 52.1 Å². The van der Waals surface area contributed by atoms with E-state index in [0.29, 0.717) is 6.61 Å². The van der Waals surface area contributed by atoms with Crippen molar-refractivity contribution in [3.05, 3.63) is 40.5 Å². The molecule has 0 saturated heterocycles. The highest BCUT2D eigenvalue weighted by atomic mass is 32.2. The van der Waals surface area contributed by atoms with Gasteiger partial charge in [0.15, 0.2) is 0 Å². The van der Waals surface area contributed by atoms with Crippen LogP contribution in [-0.2, 0) is 9.53 Å². The van der Waals surface area contributed by atoms with E-state index in [1.165, 1.54) is 27.8 Å². The first kappa shape index (κ1) is 19.8. The van der Waals surface area contributed by atoms with E-state index < -0.39 is 4.75 Å². The van der Waals surface area contributed by atoms with Gasteiger partial charge in [0.25, 0.3) is 0 Å². The fraction of sp³-hybridized carbons (Fsp3) is 0.381. The quantitative estimate of drug-likeness (QED) is 0.311. The van der Waals surface area contributed by atoms with Crippen LogP contribution in [0.4, 0.5) is 0 Å². The van der Waals surface area contributed by atoms with E-state index >= 15 is 0 Å². The molecule has 0 unspecified atom stereocenters. The first-order chi connectivity index (χ1) is 12.7. The smallest absolute Gasteiger partial charge is 0.322 e. The second kappa shape index (κ2) is 7.60. The number of rotatable bonds is 5. The number of nitrogens with zero attached hydrogens (tertiary/aromatic N) is 2. The minimum Gasteiger partial charge on any atom is -0.465 e. The van der Waals surface area contributed by atoms with Gasteiger partial charge in [-0.15, -0.1) is 11.3 Å². The van der Waals surface area contributed by atoms with Crippen LogP contribution in [0.1, 0.15) is 36.8 Å². The normalized spacial score (nSPS) is 11.8. The van der Waals surface area contributed by atoms with Crippen molar-refractivity contribution in [3.63, 3.8) is 0 Å². The number of esters is 1. The molecule has 0 fully saturated rings. The fourth-order valence-corrected chi connectivity index (χ4v) is 5.03.